The standard InChI is InChI=1S/C12H16N2O2S/c13-11(15)7-14-12(16)10-6-8-4-2-1-3-5-9(8)17-10/h6H,1-5,7H2,(H2,13,15)(H,14,16). The van der Waals surface area contributed by atoms with Gasteiger partial charge in [-0.25, -0.2) is 0 Å². The highest BCUT2D eigenvalue weighted by Gasteiger charge is 2.16. The number of nitrogens with one attached hydrogen (secondary N) is 1. The van der Waals surface area contributed by atoms with Crippen LogP contribution in [0.25, 0.3) is 0 Å². The summed E-state index contributed by atoms with van der Waals surface area (Å²) in [5.41, 5.74) is 6.29. The fourth-order valence-electron chi connectivity index (χ4n) is 2.03. The third kappa shape index (κ3) is 3.06. The second-order valence-electron chi connectivity index (χ2n) is 4.27. The number of carbonyl (C=O) groups excluding carboxylic acids is 2. The third-order valence-corrected chi connectivity index (χ3v) is 4.13. The Kier molecular flexibility index (Phi) is 3.78. The number of fused-ring (bicyclic) bond motifs is 1. The van der Waals surface area contributed by atoms with Gasteiger partial charge in [0, 0.05) is 4.88 Å². The predicted molar refractivity (Wildman–Crippen MR) is 67.1 cm³/mol. The van der Waals surface area contributed by atoms with Gasteiger partial charge in [-0.05, 0) is 37.3 Å². The molecule has 0 radical (unpaired) electrons. The third-order valence-electron chi connectivity index (χ3n) is 2.89. The molecule has 0 unspecified atom stereocenters. The SMILES string of the molecule is NC(=O)CNC(=O)c1cc2c(s1)CCCCC2. The summed E-state index contributed by atoms with van der Waals surface area (Å²) in [6.45, 7) is -0.0958. The van der Waals surface area contributed by atoms with Crippen LogP contribution in [0.1, 0.15) is 39.4 Å². The van der Waals surface area contributed by atoms with Crippen LogP contribution in [0.3, 0.4) is 0 Å². The first kappa shape index (κ1) is 12.1. The van der Waals surface area contributed by atoms with Crippen LogP contribution in [0.5, 0.6) is 0 Å². The highest BCUT2D eigenvalue weighted by atomic mass is 32.1. The van der Waals surface area contributed by atoms with Gasteiger partial charge in [0.1, 0.15) is 0 Å². The molecule has 92 valence electrons. The number of hydrogen-bond donors (Lipinski definition) is 2. The van der Waals surface area contributed by atoms with E-state index in [2.05, 4.69) is 5.32 Å². The van der Waals surface area contributed by atoms with Gasteiger partial charge in [0.25, 0.3) is 5.91 Å². The minimum absolute atomic E-state index is 0.0958. The second-order valence-corrected chi connectivity index (χ2v) is 5.41. The fraction of sp³-hybridized carbons (Fsp3) is 0.500. The lowest BCUT2D eigenvalue weighted by Gasteiger charge is -1.99. The summed E-state index contributed by atoms with van der Waals surface area (Å²) in [7, 11) is 0. The maximum absolute atomic E-state index is 11.7. The van der Waals surface area contributed by atoms with Crippen molar-refractivity contribution < 1.29 is 9.59 Å². The molecule has 0 saturated heterocycles. The number of carbonyl (C=O) groups is 2. The Morgan fingerprint density at radius 3 is 2.82 bits per heavy atom. The summed E-state index contributed by atoms with van der Waals surface area (Å²) < 4.78 is 0. The number of hydrogen-bond acceptors (Lipinski definition) is 3. The Labute approximate surface area is 104 Å². The van der Waals surface area contributed by atoms with Crippen molar-refractivity contribution in [2.24, 2.45) is 5.73 Å². The van der Waals surface area contributed by atoms with E-state index in [1.54, 1.807) is 11.3 Å². The molecule has 1 aromatic rings. The van der Waals surface area contributed by atoms with Crippen molar-refractivity contribution in [1.82, 2.24) is 5.32 Å². The predicted octanol–water partition coefficient (Wildman–Crippen LogP) is 1.23. The zero-order valence-electron chi connectivity index (χ0n) is 9.62. The Morgan fingerprint density at radius 1 is 1.29 bits per heavy atom. The molecule has 2 amide bonds. The Hall–Kier alpha value is -1.36. The molecule has 0 fully saturated rings. The minimum Gasteiger partial charge on any atom is -0.368 e. The zero-order valence-corrected chi connectivity index (χ0v) is 10.4. The van der Waals surface area contributed by atoms with E-state index in [0.29, 0.717) is 4.88 Å². The van der Waals surface area contributed by atoms with Gasteiger partial charge in [-0.15, -0.1) is 11.3 Å². The molecule has 3 N–H and O–H groups in total. The topological polar surface area (TPSA) is 72.2 Å². The van der Waals surface area contributed by atoms with E-state index in [0.717, 1.165) is 12.8 Å². The van der Waals surface area contributed by atoms with E-state index in [1.165, 1.54) is 29.7 Å². The minimum atomic E-state index is -0.517. The van der Waals surface area contributed by atoms with Crippen molar-refractivity contribution in [3.05, 3.63) is 21.4 Å². The molecular weight excluding hydrogens is 236 g/mol. The highest BCUT2D eigenvalue weighted by molar-refractivity contribution is 7.14. The van der Waals surface area contributed by atoms with E-state index in [-0.39, 0.29) is 12.5 Å². The van der Waals surface area contributed by atoms with Crippen molar-refractivity contribution in [3.8, 4) is 0 Å². The van der Waals surface area contributed by atoms with Crippen LogP contribution < -0.4 is 11.1 Å². The fourth-order valence-corrected chi connectivity index (χ4v) is 3.20. The van der Waals surface area contributed by atoms with E-state index < -0.39 is 5.91 Å². The molecule has 17 heavy (non-hydrogen) atoms. The number of thiophene rings is 1. The molecule has 1 heterocycles. The lowest BCUT2D eigenvalue weighted by Crippen LogP contribution is -2.32. The van der Waals surface area contributed by atoms with Crippen LogP contribution in [-0.2, 0) is 17.6 Å². The summed E-state index contributed by atoms with van der Waals surface area (Å²) in [5.74, 6) is -0.710. The lowest BCUT2D eigenvalue weighted by molar-refractivity contribution is -0.117. The number of primary amides is 1. The first-order valence-electron chi connectivity index (χ1n) is 5.85. The molecule has 2 rings (SSSR count). The van der Waals surface area contributed by atoms with Crippen LogP contribution in [0.2, 0.25) is 0 Å². The lowest BCUT2D eigenvalue weighted by atomic mass is 10.1. The maximum Gasteiger partial charge on any atom is 0.261 e. The first-order chi connectivity index (χ1) is 8.16. The number of aryl methyl sites for hydroxylation is 2. The van der Waals surface area contributed by atoms with Crippen LogP contribution in [-0.4, -0.2) is 18.4 Å². The van der Waals surface area contributed by atoms with Crippen LogP contribution >= 0.6 is 11.3 Å². The summed E-state index contributed by atoms with van der Waals surface area (Å²) >= 11 is 1.54. The molecule has 1 aliphatic carbocycles. The average molecular weight is 252 g/mol. The largest absolute Gasteiger partial charge is 0.368 e. The quantitative estimate of drug-likeness (QED) is 0.794. The molecule has 0 atom stereocenters. The molecule has 0 spiro atoms. The van der Waals surface area contributed by atoms with Gasteiger partial charge in [0.15, 0.2) is 0 Å². The smallest absolute Gasteiger partial charge is 0.261 e. The van der Waals surface area contributed by atoms with Crippen molar-refractivity contribution in [2.45, 2.75) is 32.1 Å². The first-order valence-corrected chi connectivity index (χ1v) is 6.66. The molecule has 4 nitrogen and oxygen atoms in total. The van der Waals surface area contributed by atoms with E-state index in [1.807, 2.05) is 6.07 Å². The summed E-state index contributed by atoms with van der Waals surface area (Å²) in [6.07, 6.45) is 5.81. The number of rotatable bonds is 3. The van der Waals surface area contributed by atoms with Gasteiger partial charge in [0.2, 0.25) is 5.91 Å². The van der Waals surface area contributed by atoms with Gasteiger partial charge >= 0.3 is 0 Å². The highest BCUT2D eigenvalue weighted by Crippen LogP contribution is 2.28. The molecule has 1 aliphatic rings. The molecule has 0 saturated carbocycles. The van der Waals surface area contributed by atoms with Crippen LogP contribution in [0, 0.1) is 0 Å². The molecule has 5 heteroatoms. The van der Waals surface area contributed by atoms with Crippen LogP contribution in [0.15, 0.2) is 6.07 Å². The van der Waals surface area contributed by atoms with Gasteiger partial charge in [-0.3, -0.25) is 9.59 Å². The Bertz CT molecular complexity index is 416. The number of nitrogens with two attached hydrogens (primary N) is 1. The van der Waals surface area contributed by atoms with E-state index in [9.17, 15) is 9.59 Å². The van der Waals surface area contributed by atoms with Crippen molar-refractivity contribution in [2.75, 3.05) is 6.54 Å². The summed E-state index contributed by atoms with van der Waals surface area (Å²) in [6, 6.07) is 1.96. The van der Waals surface area contributed by atoms with Crippen LogP contribution in [0.4, 0.5) is 0 Å². The molecule has 0 bridgehead atoms. The van der Waals surface area contributed by atoms with Crippen molar-refractivity contribution >= 4 is 23.2 Å². The molecule has 0 aliphatic heterocycles. The maximum atomic E-state index is 11.7. The second kappa shape index (κ2) is 5.31. The Morgan fingerprint density at radius 2 is 2.06 bits per heavy atom. The number of amides is 2. The normalized spacial score (nSPS) is 14.8. The van der Waals surface area contributed by atoms with Gasteiger partial charge in [-0.1, -0.05) is 6.42 Å². The Balaban J connectivity index is 2.06. The van der Waals surface area contributed by atoms with E-state index >= 15 is 0 Å². The summed E-state index contributed by atoms with van der Waals surface area (Å²) in [5, 5.41) is 2.52. The zero-order chi connectivity index (χ0) is 12.3. The molecule has 0 aromatic carbocycles. The average Bonchev–Trinajstić information content (AvgIpc) is 2.58. The van der Waals surface area contributed by atoms with Crippen molar-refractivity contribution in [3.63, 3.8) is 0 Å². The summed E-state index contributed by atoms with van der Waals surface area (Å²) in [4.78, 5) is 24.3. The molecular formula is C12H16N2O2S. The van der Waals surface area contributed by atoms with E-state index in [4.69, 9.17) is 5.73 Å². The monoisotopic (exact) mass is 252 g/mol. The van der Waals surface area contributed by atoms with Gasteiger partial charge in [-0.2, -0.15) is 0 Å². The van der Waals surface area contributed by atoms with Crippen molar-refractivity contribution in [1.29, 1.82) is 0 Å². The van der Waals surface area contributed by atoms with Gasteiger partial charge in [0.05, 0.1) is 11.4 Å². The molecule has 1 aromatic heterocycles. The van der Waals surface area contributed by atoms with Gasteiger partial charge < -0.3 is 11.1 Å².